The standard InChI is InChI=1S/C20H30N2O3S/c1-19(2,3)15-4-6-16(7-5-15)26(24,25)13-12-22-18(23)17-14-20(17)8-10-21-11-9-20/h4-7,17,21H,8-14H2,1-3H3,(H,22,23). The lowest BCUT2D eigenvalue weighted by Gasteiger charge is -2.23. The molecule has 1 saturated carbocycles. The molecule has 1 aliphatic heterocycles. The van der Waals surface area contributed by atoms with E-state index in [1.165, 1.54) is 0 Å². The van der Waals surface area contributed by atoms with Crippen LogP contribution in [-0.2, 0) is 20.0 Å². The number of benzene rings is 1. The van der Waals surface area contributed by atoms with E-state index in [2.05, 4.69) is 31.4 Å². The summed E-state index contributed by atoms with van der Waals surface area (Å²) >= 11 is 0. The maximum Gasteiger partial charge on any atom is 0.223 e. The fraction of sp³-hybridized carbons (Fsp3) is 0.650. The molecule has 1 saturated heterocycles. The molecule has 0 bridgehead atoms. The van der Waals surface area contributed by atoms with E-state index in [0.717, 1.165) is 37.9 Å². The van der Waals surface area contributed by atoms with Gasteiger partial charge in [-0.3, -0.25) is 4.79 Å². The zero-order valence-electron chi connectivity index (χ0n) is 16.0. The summed E-state index contributed by atoms with van der Waals surface area (Å²) in [4.78, 5) is 12.7. The topological polar surface area (TPSA) is 75.3 Å². The largest absolute Gasteiger partial charge is 0.355 e. The quantitative estimate of drug-likeness (QED) is 0.824. The summed E-state index contributed by atoms with van der Waals surface area (Å²) < 4.78 is 25.0. The monoisotopic (exact) mass is 378 g/mol. The molecule has 1 heterocycles. The SMILES string of the molecule is CC(C)(C)c1ccc(S(=O)(=O)CCNC(=O)C2CC23CCNCC3)cc1. The van der Waals surface area contributed by atoms with Crippen molar-refractivity contribution in [1.82, 2.24) is 10.6 Å². The van der Waals surface area contributed by atoms with E-state index in [-0.39, 0.29) is 35.0 Å². The highest BCUT2D eigenvalue weighted by Gasteiger charge is 2.57. The minimum atomic E-state index is -3.38. The number of piperidine rings is 1. The molecule has 0 radical (unpaired) electrons. The molecule has 3 rings (SSSR count). The van der Waals surface area contributed by atoms with Gasteiger partial charge in [0.25, 0.3) is 0 Å². The van der Waals surface area contributed by atoms with Crippen LogP contribution in [0.25, 0.3) is 0 Å². The van der Waals surface area contributed by atoms with E-state index in [4.69, 9.17) is 0 Å². The number of sulfone groups is 1. The first-order chi connectivity index (χ1) is 12.1. The molecule has 144 valence electrons. The van der Waals surface area contributed by atoms with Gasteiger partial charge in [0.1, 0.15) is 0 Å². The molecule has 1 spiro atoms. The lowest BCUT2D eigenvalue weighted by atomic mass is 9.87. The molecule has 2 N–H and O–H groups in total. The summed E-state index contributed by atoms with van der Waals surface area (Å²) in [7, 11) is -3.38. The number of carbonyl (C=O) groups excluding carboxylic acids is 1. The first-order valence-corrected chi connectivity index (χ1v) is 11.1. The first-order valence-electron chi connectivity index (χ1n) is 9.46. The molecule has 1 unspecified atom stereocenters. The lowest BCUT2D eigenvalue weighted by molar-refractivity contribution is -0.123. The Hall–Kier alpha value is -1.40. The molecule has 1 aromatic carbocycles. The maximum atomic E-state index is 12.5. The summed E-state index contributed by atoms with van der Waals surface area (Å²) in [5, 5.41) is 6.16. The second kappa shape index (κ2) is 6.97. The van der Waals surface area contributed by atoms with Gasteiger partial charge in [0.2, 0.25) is 5.91 Å². The molecular formula is C20H30N2O3S. The zero-order chi connectivity index (χ0) is 19.0. The Balaban J connectivity index is 1.52. The van der Waals surface area contributed by atoms with Crippen LogP contribution >= 0.6 is 0 Å². The molecule has 2 aliphatic rings. The number of rotatable bonds is 5. The van der Waals surface area contributed by atoms with Crippen LogP contribution in [-0.4, -0.2) is 39.7 Å². The Morgan fingerprint density at radius 1 is 1.19 bits per heavy atom. The van der Waals surface area contributed by atoms with Gasteiger partial charge in [-0.05, 0) is 60.9 Å². The Kier molecular flexibility index (Phi) is 5.19. The highest BCUT2D eigenvalue weighted by molar-refractivity contribution is 7.91. The van der Waals surface area contributed by atoms with Gasteiger partial charge in [0.15, 0.2) is 9.84 Å². The Labute approximate surface area is 156 Å². The van der Waals surface area contributed by atoms with Gasteiger partial charge in [-0.25, -0.2) is 8.42 Å². The Bertz CT molecular complexity index is 757. The smallest absolute Gasteiger partial charge is 0.223 e. The minimum Gasteiger partial charge on any atom is -0.355 e. The van der Waals surface area contributed by atoms with E-state index in [9.17, 15) is 13.2 Å². The second-order valence-corrected chi connectivity index (χ2v) is 10.9. The second-order valence-electron chi connectivity index (χ2n) is 8.75. The molecule has 26 heavy (non-hydrogen) atoms. The third-order valence-corrected chi connectivity index (χ3v) is 7.59. The Morgan fingerprint density at radius 3 is 2.38 bits per heavy atom. The zero-order valence-corrected chi connectivity index (χ0v) is 16.8. The van der Waals surface area contributed by atoms with Crippen molar-refractivity contribution in [2.45, 2.75) is 50.3 Å². The van der Waals surface area contributed by atoms with Crippen LogP contribution in [0.5, 0.6) is 0 Å². The average molecular weight is 379 g/mol. The van der Waals surface area contributed by atoms with Gasteiger partial charge in [-0.1, -0.05) is 32.9 Å². The van der Waals surface area contributed by atoms with Crippen LogP contribution in [0.15, 0.2) is 29.2 Å². The van der Waals surface area contributed by atoms with Crippen molar-refractivity contribution in [2.75, 3.05) is 25.4 Å². The molecule has 0 aromatic heterocycles. The van der Waals surface area contributed by atoms with Crippen molar-refractivity contribution < 1.29 is 13.2 Å². The summed E-state index contributed by atoms with van der Waals surface area (Å²) in [6, 6.07) is 7.08. The van der Waals surface area contributed by atoms with E-state index < -0.39 is 9.84 Å². The van der Waals surface area contributed by atoms with Crippen LogP contribution in [0.1, 0.15) is 45.6 Å². The molecule has 1 atom stereocenters. The summed E-state index contributed by atoms with van der Waals surface area (Å²) in [5.74, 6) is 0.0260. The molecule has 1 aromatic rings. The number of hydrogen-bond acceptors (Lipinski definition) is 4. The van der Waals surface area contributed by atoms with E-state index in [1.807, 2.05) is 12.1 Å². The van der Waals surface area contributed by atoms with E-state index in [0.29, 0.717) is 4.90 Å². The van der Waals surface area contributed by atoms with Crippen LogP contribution in [0.2, 0.25) is 0 Å². The number of hydrogen-bond donors (Lipinski definition) is 2. The van der Waals surface area contributed by atoms with Crippen molar-refractivity contribution in [3.63, 3.8) is 0 Å². The van der Waals surface area contributed by atoms with Gasteiger partial charge in [-0.15, -0.1) is 0 Å². The molecule has 2 fully saturated rings. The number of carbonyl (C=O) groups is 1. The fourth-order valence-corrected chi connectivity index (χ4v) is 5.06. The summed E-state index contributed by atoms with van der Waals surface area (Å²) in [6.07, 6.45) is 3.04. The van der Waals surface area contributed by atoms with Crippen molar-refractivity contribution in [1.29, 1.82) is 0 Å². The van der Waals surface area contributed by atoms with Gasteiger partial charge in [-0.2, -0.15) is 0 Å². The number of amides is 1. The molecule has 5 nitrogen and oxygen atoms in total. The first kappa shape index (κ1) is 19.4. The van der Waals surface area contributed by atoms with Gasteiger partial charge in [0, 0.05) is 12.5 Å². The third-order valence-electron chi connectivity index (χ3n) is 5.86. The van der Waals surface area contributed by atoms with Gasteiger partial charge >= 0.3 is 0 Å². The molecule has 6 heteroatoms. The van der Waals surface area contributed by atoms with Crippen molar-refractivity contribution in [2.24, 2.45) is 11.3 Å². The molecule has 1 amide bonds. The van der Waals surface area contributed by atoms with Gasteiger partial charge < -0.3 is 10.6 Å². The summed E-state index contributed by atoms with van der Waals surface area (Å²) in [5.41, 5.74) is 1.27. The van der Waals surface area contributed by atoms with Crippen LogP contribution in [0, 0.1) is 11.3 Å². The summed E-state index contributed by atoms with van der Waals surface area (Å²) in [6.45, 7) is 8.41. The molecule has 1 aliphatic carbocycles. The average Bonchev–Trinajstić information content (AvgIpc) is 3.28. The van der Waals surface area contributed by atoms with Crippen molar-refractivity contribution in [3.05, 3.63) is 29.8 Å². The van der Waals surface area contributed by atoms with E-state index in [1.54, 1.807) is 12.1 Å². The lowest BCUT2D eigenvalue weighted by Crippen LogP contribution is -2.35. The third kappa shape index (κ3) is 4.12. The van der Waals surface area contributed by atoms with E-state index >= 15 is 0 Å². The fourth-order valence-electron chi connectivity index (χ4n) is 3.91. The van der Waals surface area contributed by atoms with Crippen molar-refractivity contribution in [3.8, 4) is 0 Å². The predicted molar refractivity (Wildman–Crippen MR) is 103 cm³/mol. The normalized spacial score (nSPS) is 22.2. The molecular weight excluding hydrogens is 348 g/mol. The number of nitrogens with one attached hydrogen (secondary N) is 2. The highest BCUT2D eigenvalue weighted by atomic mass is 32.2. The van der Waals surface area contributed by atoms with Crippen LogP contribution in [0.4, 0.5) is 0 Å². The highest BCUT2D eigenvalue weighted by Crippen LogP contribution is 2.58. The minimum absolute atomic E-state index is 0.00880. The Morgan fingerprint density at radius 2 is 1.81 bits per heavy atom. The van der Waals surface area contributed by atoms with Crippen molar-refractivity contribution >= 4 is 15.7 Å². The van der Waals surface area contributed by atoms with Crippen LogP contribution < -0.4 is 10.6 Å². The predicted octanol–water partition coefficient (Wildman–Crippen LogP) is 2.26. The van der Waals surface area contributed by atoms with Gasteiger partial charge in [0.05, 0.1) is 10.6 Å². The maximum absolute atomic E-state index is 12.5. The van der Waals surface area contributed by atoms with Crippen LogP contribution in [0.3, 0.4) is 0 Å².